The van der Waals surface area contributed by atoms with Gasteiger partial charge < -0.3 is 56.0 Å². The normalized spacial score (nSPS) is 23.2. The van der Waals surface area contributed by atoms with Gasteiger partial charge in [-0.2, -0.15) is 4.31 Å². The molecule has 2 aromatic rings. The van der Waals surface area contributed by atoms with Crippen LogP contribution in [0.25, 0.3) is 11.2 Å². The highest BCUT2D eigenvalue weighted by Gasteiger charge is 2.50. The minimum Gasteiger partial charge on any atom is -0.386 e. The standard InChI is InChI=1S/C24H41N8O18P3S/c1-23(2,17(35)20(36)28-5-4-13(33)27-6-7-54-22(37)24(3,26)38)9-47-53(44,45)50-52(42,43)46-8-12-16(49-51(39,40)41)15(34)21(48-12)32-11-31-14-18(25)29-10-30-19(14)32/h10-12,15-17,21,34-35,38H,4-9,26H2,1-3H3,(H,27,33)(H,28,36)(H,42,43)(H,44,45)(H2,25,29,30)(H2,39,40,41)/t12-,15-,16-,17+,21-,24?/m1/s1. The van der Waals surface area contributed by atoms with Gasteiger partial charge in [0.05, 0.1) is 19.5 Å². The third kappa shape index (κ3) is 13.3. The molecule has 1 aliphatic heterocycles. The highest BCUT2D eigenvalue weighted by atomic mass is 32.2. The lowest BCUT2D eigenvalue weighted by atomic mass is 9.87. The summed E-state index contributed by atoms with van der Waals surface area (Å²) in [5.74, 6) is -1.48. The molecule has 3 heterocycles. The molecular weight excluding hydrogens is 813 g/mol. The van der Waals surface area contributed by atoms with Crippen molar-refractivity contribution in [2.24, 2.45) is 11.1 Å². The lowest BCUT2D eigenvalue weighted by Crippen LogP contribution is -2.46. The van der Waals surface area contributed by atoms with E-state index in [4.69, 9.17) is 25.3 Å². The molecule has 8 atom stereocenters. The number of fused-ring (bicyclic) bond motifs is 1. The molecule has 3 unspecified atom stereocenters. The van der Waals surface area contributed by atoms with Crippen molar-refractivity contribution in [2.45, 2.75) is 63.6 Å². The van der Waals surface area contributed by atoms with Crippen molar-refractivity contribution in [3.05, 3.63) is 12.7 Å². The smallest absolute Gasteiger partial charge is 0.386 e. The van der Waals surface area contributed by atoms with Gasteiger partial charge in [-0.05, 0) is 6.92 Å². The average molecular weight is 855 g/mol. The van der Waals surface area contributed by atoms with Crippen LogP contribution in [0.5, 0.6) is 0 Å². The third-order valence-electron chi connectivity index (χ3n) is 7.15. The zero-order valence-electron chi connectivity index (χ0n) is 28.6. The molecule has 30 heteroatoms. The number of nitrogens with one attached hydrogen (secondary N) is 2. The second-order valence-electron chi connectivity index (χ2n) is 12.4. The summed E-state index contributed by atoms with van der Waals surface area (Å²) in [4.78, 5) is 86.8. The zero-order chi connectivity index (χ0) is 40.9. The number of thioether (sulfide) groups is 1. The Kier molecular flexibility index (Phi) is 15.4. The van der Waals surface area contributed by atoms with Gasteiger partial charge in [-0.3, -0.25) is 38.3 Å². The van der Waals surface area contributed by atoms with Crippen LogP contribution in [-0.4, -0.2) is 134 Å². The van der Waals surface area contributed by atoms with Crippen LogP contribution < -0.4 is 22.1 Å². The maximum absolute atomic E-state index is 12.6. The molecule has 2 aromatic heterocycles. The number of phosphoric acid groups is 3. The highest BCUT2D eigenvalue weighted by Crippen LogP contribution is 2.61. The summed E-state index contributed by atoms with van der Waals surface area (Å²) in [6, 6.07) is 0. The number of carbonyl (C=O) groups excluding carboxylic acids is 3. The number of aromatic nitrogens is 4. The molecule has 0 bridgehead atoms. The molecule has 2 amide bonds. The van der Waals surface area contributed by atoms with Crippen molar-refractivity contribution in [2.75, 3.05) is 37.8 Å². The van der Waals surface area contributed by atoms with E-state index in [-0.39, 0.29) is 42.2 Å². The Labute approximate surface area is 309 Å². The van der Waals surface area contributed by atoms with E-state index in [1.807, 2.05) is 0 Å². The molecule has 0 spiro atoms. The van der Waals surface area contributed by atoms with Crippen molar-refractivity contribution in [3.8, 4) is 0 Å². The summed E-state index contributed by atoms with van der Waals surface area (Å²) < 4.78 is 61.9. The molecule has 0 saturated carbocycles. The van der Waals surface area contributed by atoms with Gasteiger partial charge in [-0.1, -0.05) is 25.6 Å². The van der Waals surface area contributed by atoms with Gasteiger partial charge in [0.1, 0.15) is 36.3 Å². The number of nitrogen functional groups attached to an aromatic ring is 1. The minimum absolute atomic E-state index is 0.0218. The third-order valence-corrected chi connectivity index (χ3v) is 11.3. The first-order valence-corrected chi connectivity index (χ1v) is 20.8. The predicted octanol–water partition coefficient (Wildman–Crippen LogP) is -2.67. The largest absolute Gasteiger partial charge is 0.481 e. The Balaban J connectivity index is 1.51. The Bertz CT molecular complexity index is 1810. The fourth-order valence-corrected chi connectivity index (χ4v) is 7.93. The number of rotatable bonds is 20. The first kappa shape index (κ1) is 45.9. The zero-order valence-corrected chi connectivity index (χ0v) is 32.1. The lowest BCUT2D eigenvalue weighted by Gasteiger charge is -2.30. The van der Waals surface area contributed by atoms with E-state index in [0.717, 1.165) is 24.1 Å². The van der Waals surface area contributed by atoms with Crippen molar-refractivity contribution in [3.63, 3.8) is 0 Å². The van der Waals surface area contributed by atoms with E-state index in [1.165, 1.54) is 13.8 Å². The molecular formula is C24H41N8O18P3S. The van der Waals surface area contributed by atoms with Crippen LogP contribution in [-0.2, 0) is 50.7 Å². The first-order valence-electron chi connectivity index (χ1n) is 15.3. The molecule has 26 nitrogen and oxygen atoms in total. The quantitative estimate of drug-likeness (QED) is 0.0367. The number of imidazole rings is 1. The summed E-state index contributed by atoms with van der Waals surface area (Å²) in [6.45, 7) is 1.29. The van der Waals surface area contributed by atoms with E-state index in [2.05, 4.69) is 34.4 Å². The van der Waals surface area contributed by atoms with E-state index in [1.54, 1.807) is 0 Å². The second-order valence-corrected chi connectivity index (χ2v) is 17.7. The van der Waals surface area contributed by atoms with Crippen molar-refractivity contribution < 1.29 is 85.6 Å². The number of phosphoric ester groups is 3. The van der Waals surface area contributed by atoms with Crippen LogP contribution in [0.2, 0.25) is 0 Å². The van der Waals surface area contributed by atoms with Crippen LogP contribution >= 0.6 is 35.2 Å². The molecule has 0 aromatic carbocycles. The number of amides is 2. The van der Waals surface area contributed by atoms with E-state index >= 15 is 0 Å². The van der Waals surface area contributed by atoms with E-state index < -0.39 is 95.4 Å². The molecule has 306 valence electrons. The molecule has 13 N–H and O–H groups in total. The monoisotopic (exact) mass is 854 g/mol. The van der Waals surface area contributed by atoms with Crippen LogP contribution in [0.15, 0.2) is 12.7 Å². The fourth-order valence-electron chi connectivity index (χ4n) is 4.42. The first-order chi connectivity index (χ1) is 24.7. The average Bonchev–Trinajstić information content (AvgIpc) is 3.60. The van der Waals surface area contributed by atoms with Gasteiger partial charge in [0.15, 0.2) is 23.4 Å². The molecule has 1 aliphatic rings. The number of nitrogens with zero attached hydrogens (tertiary/aromatic N) is 4. The number of carbonyl (C=O) groups is 3. The summed E-state index contributed by atoms with van der Waals surface area (Å²) >= 11 is 0.702. The van der Waals surface area contributed by atoms with Gasteiger partial charge in [0.2, 0.25) is 16.9 Å². The predicted molar refractivity (Wildman–Crippen MR) is 182 cm³/mol. The number of nitrogens with two attached hydrogens (primary N) is 2. The summed E-state index contributed by atoms with van der Waals surface area (Å²) in [5.41, 5.74) is 7.43. The van der Waals surface area contributed by atoms with E-state index in [0.29, 0.717) is 11.8 Å². The number of anilines is 1. The summed E-state index contributed by atoms with van der Waals surface area (Å²) in [5, 5.41) is 34.8. The Morgan fingerprint density at radius 2 is 1.70 bits per heavy atom. The Morgan fingerprint density at radius 1 is 1.06 bits per heavy atom. The topological polar surface area (TPSA) is 410 Å². The second kappa shape index (κ2) is 18.2. The molecule has 0 aliphatic carbocycles. The van der Waals surface area contributed by atoms with Crippen LogP contribution in [0.4, 0.5) is 5.82 Å². The van der Waals surface area contributed by atoms with E-state index in [9.17, 15) is 63.0 Å². The van der Waals surface area contributed by atoms with Crippen LogP contribution in [0.3, 0.4) is 0 Å². The molecule has 3 rings (SSSR count). The molecule has 54 heavy (non-hydrogen) atoms. The van der Waals surface area contributed by atoms with Crippen LogP contribution in [0, 0.1) is 5.41 Å². The van der Waals surface area contributed by atoms with Gasteiger partial charge in [-0.25, -0.2) is 28.6 Å². The number of hydrogen-bond donors (Lipinski definition) is 11. The van der Waals surface area contributed by atoms with Crippen molar-refractivity contribution in [1.82, 2.24) is 30.2 Å². The number of aliphatic hydroxyl groups is 3. The number of ether oxygens (including phenoxy) is 1. The van der Waals surface area contributed by atoms with Crippen LogP contribution in [0.1, 0.15) is 33.4 Å². The van der Waals surface area contributed by atoms with Crippen molar-refractivity contribution >= 4 is 69.1 Å². The highest BCUT2D eigenvalue weighted by molar-refractivity contribution is 8.13. The summed E-state index contributed by atoms with van der Waals surface area (Å²) in [7, 11) is -16.4. The minimum atomic E-state index is -5.58. The maximum Gasteiger partial charge on any atom is 0.481 e. The fraction of sp³-hybridized carbons (Fsp3) is 0.667. The Morgan fingerprint density at radius 3 is 2.33 bits per heavy atom. The number of aliphatic hydroxyl groups excluding tert-OH is 2. The van der Waals surface area contributed by atoms with Gasteiger partial charge in [-0.15, -0.1) is 0 Å². The van der Waals surface area contributed by atoms with Gasteiger partial charge >= 0.3 is 23.5 Å². The molecule has 1 fully saturated rings. The van der Waals surface area contributed by atoms with Crippen molar-refractivity contribution in [1.29, 1.82) is 0 Å². The summed E-state index contributed by atoms with van der Waals surface area (Å²) in [6.07, 6.45) is -7.07. The van der Waals surface area contributed by atoms with Gasteiger partial charge in [0.25, 0.3) is 0 Å². The Hall–Kier alpha value is -2.52. The SMILES string of the molecule is CC(N)(O)C(=O)SCCNC(=O)CCNC(=O)[C@H](O)C(C)(C)COP(=O)(O)OP(=O)(O)OC[C@H]1O[C@@H](n2cnc3c(N)ncnc32)[C@H](O)[C@@H]1OP(=O)(O)O. The molecule has 0 radical (unpaired) electrons. The van der Waals surface area contributed by atoms with Gasteiger partial charge in [0, 0.05) is 30.7 Å². The maximum atomic E-state index is 12.6. The lowest BCUT2D eigenvalue weighted by molar-refractivity contribution is -0.137. The molecule has 1 saturated heterocycles. The number of hydrogen-bond acceptors (Lipinski definition) is 20.